The fourth-order valence-corrected chi connectivity index (χ4v) is 4.52. The van der Waals surface area contributed by atoms with Crippen LogP contribution in [0.15, 0.2) is 9.90 Å². The fraction of sp³-hybridized carbons (Fsp3) is 0.600. The van der Waals surface area contributed by atoms with Crippen molar-refractivity contribution in [1.29, 1.82) is 0 Å². The number of anilines is 1. The van der Waals surface area contributed by atoms with Crippen LogP contribution in [0.3, 0.4) is 0 Å². The molecule has 1 saturated heterocycles. The van der Waals surface area contributed by atoms with Crippen molar-refractivity contribution >= 4 is 27.4 Å². The minimum Gasteiger partial charge on any atom is -0.355 e. The lowest BCUT2D eigenvalue weighted by atomic mass is 9.97. The van der Waals surface area contributed by atoms with Crippen molar-refractivity contribution in [3.05, 3.63) is 28.5 Å². The van der Waals surface area contributed by atoms with Crippen LogP contribution in [0.25, 0.3) is 10.2 Å². The van der Waals surface area contributed by atoms with Gasteiger partial charge >= 0.3 is 0 Å². The number of fused-ring (bicyclic) bond motifs is 1. The molecule has 28 heavy (non-hydrogen) atoms. The smallest absolute Gasteiger partial charge is 0.232 e. The van der Waals surface area contributed by atoms with Gasteiger partial charge in [0.25, 0.3) is 0 Å². The van der Waals surface area contributed by atoms with Crippen LogP contribution in [0, 0.1) is 13.8 Å². The first-order valence-electron chi connectivity index (χ1n) is 9.84. The summed E-state index contributed by atoms with van der Waals surface area (Å²) in [6.45, 7) is 15.0. The third kappa shape index (κ3) is 3.89. The molecule has 0 N–H and O–H groups in total. The second-order valence-electron chi connectivity index (χ2n) is 8.58. The molecule has 3 aromatic rings. The molecule has 4 rings (SSSR count). The summed E-state index contributed by atoms with van der Waals surface area (Å²) < 4.78 is 5.44. The molecule has 0 bridgehead atoms. The van der Waals surface area contributed by atoms with Crippen molar-refractivity contribution in [2.75, 3.05) is 31.1 Å². The van der Waals surface area contributed by atoms with Gasteiger partial charge in [-0.25, -0.2) is 9.97 Å². The Labute approximate surface area is 169 Å². The SMILES string of the molecule is Cc1nc(N2CCCN(Cc3noc(C(C)(C)C)n3)CC2)c2c(C)csc2n1. The van der Waals surface area contributed by atoms with Crippen LogP contribution in [0.1, 0.15) is 50.3 Å². The third-order valence-corrected chi connectivity index (χ3v) is 6.06. The molecular formula is C20H28N6OS. The number of aryl methyl sites for hydroxylation is 2. The van der Waals surface area contributed by atoms with E-state index in [1.54, 1.807) is 11.3 Å². The van der Waals surface area contributed by atoms with Gasteiger partial charge in [-0.2, -0.15) is 4.98 Å². The van der Waals surface area contributed by atoms with Crippen LogP contribution in [0.2, 0.25) is 0 Å². The Hall–Kier alpha value is -2.06. The van der Waals surface area contributed by atoms with Gasteiger partial charge in [-0.1, -0.05) is 25.9 Å². The zero-order chi connectivity index (χ0) is 19.9. The van der Waals surface area contributed by atoms with Gasteiger partial charge in [-0.3, -0.25) is 4.90 Å². The number of thiophene rings is 1. The summed E-state index contributed by atoms with van der Waals surface area (Å²) in [6.07, 6.45) is 1.08. The standard InChI is InChI=1S/C20H28N6OS/c1-13-12-28-18-16(13)17(21-14(2)22-18)26-8-6-7-25(9-10-26)11-15-23-19(27-24-15)20(3,4)5/h12H,6-11H2,1-5H3. The van der Waals surface area contributed by atoms with Gasteiger partial charge in [0.2, 0.25) is 5.89 Å². The molecule has 0 aromatic carbocycles. The van der Waals surface area contributed by atoms with Crippen molar-refractivity contribution in [3.8, 4) is 0 Å². The van der Waals surface area contributed by atoms with E-state index in [-0.39, 0.29) is 5.41 Å². The number of hydrogen-bond donors (Lipinski definition) is 0. The highest BCUT2D eigenvalue weighted by Gasteiger charge is 2.24. The molecule has 3 aromatic heterocycles. The molecule has 4 heterocycles. The Morgan fingerprint density at radius 3 is 2.64 bits per heavy atom. The predicted octanol–water partition coefficient (Wildman–Crippen LogP) is 3.70. The highest BCUT2D eigenvalue weighted by atomic mass is 32.1. The molecule has 1 fully saturated rings. The molecule has 0 amide bonds. The van der Waals surface area contributed by atoms with Gasteiger partial charge in [-0.05, 0) is 31.2 Å². The second-order valence-corrected chi connectivity index (χ2v) is 9.43. The maximum absolute atomic E-state index is 5.44. The maximum atomic E-state index is 5.44. The van der Waals surface area contributed by atoms with Crippen LogP contribution in [-0.2, 0) is 12.0 Å². The van der Waals surface area contributed by atoms with Crippen molar-refractivity contribution < 1.29 is 4.52 Å². The molecular weight excluding hydrogens is 372 g/mol. The first-order chi connectivity index (χ1) is 13.3. The van der Waals surface area contributed by atoms with Gasteiger partial charge in [0, 0.05) is 31.6 Å². The molecule has 0 saturated carbocycles. The maximum Gasteiger partial charge on any atom is 0.232 e. The first-order valence-corrected chi connectivity index (χ1v) is 10.7. The summed E-state index contributed by atoms with van der Waals surface area (Å²) in [4.78, 5) is 19.9. The second kappa shape index (κ2) is 7.40. The quantitative estimate of drug-likeness (QED) is 0.664. The number of hydrogen-bond acceptors (Lipinski definition) is 8. The minimum atomic E-state index is -0.116. The highest BCUT2D eigenvalue weighted by molar-refractivity contribution is 7.17. The van der Waals surface area contributed by atoms with E-state index in [4.69, 9.17) is 9.51 Å². The molecule has 0 aliphatic carbocycles. The molecule has 7 nitrogen and oxygen atoms in total. The predicted molar refractivity (Wildman–Crippen MR) is 112 cm³/mol. The summed E-state index contributed by atoms with van der Waals surface area (Å²) >= 11 is 1.70. The van der Waals surface area contributed by atoms with Gasteiger partial charge < -0.3 is 9.42 Å². The summed E-state index contributed by atoms with van der Waals surface area (Å²) in [7, 11) is 0. The van der Waals surface area contributed by atoms with Crippen molar-refractivity contribution in [3.63, 3.8) is 0 Å². The highest BCUT2D eigenvalue weighted by Crippen LogP contribution is 2.32. The monoisotopic (exact) mass is 400 g/mol. The fourth-order valence-electron chi connectivity index (χ4n) is 3.56. The lowest BCUT2D eigenvalue weighted by Crippen LogP contribution is -2.31. The molecule has 0 radical (unpaired) electrons. The van der Waals surface area contributed by atoms with E-state index in [1.165, 1.54) is 10.9 Å². The Morgan fingerprint density at radius 1 is 1.07 bits per heavy atom. The van der Waals surface area contributed by atoms with Crippen LogP contribution in [0.4, 0.5) is 5.82 Å². The lowest BCUT2D eigenvalue weighted by molar-refractivity contribution is 0.269. The van der Waals surface area contributed by atoms with Crippen molar-refractivity contribution in [1.82, 2.24) is 25.0 Å². The Kier molecular flexibility index (Phi) is 5.09. The van der Waals surface area contributed by atoms with E-state index in [2.05, 4.69) is 58.0 Å². The Bertz CT molecular complexity index is 973. The number of rotatable bonds is 3. The average Bonchev–Trinajstić information content (AvgIpc) is 3.16. The van der Waals surface area contributed by atoms with E-state index in [0.717, 1.165) is 61.4 Å². The molecule has 0 atom stereocenters. The van der Waals surface area contributed by atoms with E-state index in [0.29, 0.717) is 5.89 Å². The molecule has 1 aliphatic heterocycles. The third-order valence-electron chi connectivity index (χ3n) is 5.07. The van der Waals surface area contributed by atoms with Crippen LogP contribution in [0.5, 0.6) is 0 Å². The first kappa shape index (κ1) is 19.3. The Morgan fingerprint density at radius 2 is 1.89 bits per heavy atom. The Balaban J connectivity index is 1.49. The average molecular weight is 401 g/mol. The van der Waals surface area contributed by atoms with E-state index in [1.807, 2.05) is 6.92 Å². The lowest BCUT2D eigenvalue weighted by Gasteiger charge is -2.23. The summed E-state index contributed by atoms with van der Waals surface area (Å²) in [5.74, 6) is 3.39. The van der Waals surface area contributed by atoms with Crippen LogP contribution < -0.4 is 4.90 Å². The van der Waals surface area contributed by atoms with Gasteiger partial charge in [0.1, 0.15) is 16.5 Å². The zero-order valence-electron chi connectivity index (χ0n) is 17.3. The minimum absolute atomic E-state index is 0.116. The summed E-state index contributed by atoms with van der Waals surface area (Å²) in [5.41, 5.74) is 1.15. The molecule has 0 spiro atoms. The normalized spacial score (nSPS) is 16.7. The largest absolute Gasteiger partial charge is 0.355 e. The molecule has 0 unspecified atom stereocenters. The van der Waals surface area contributed by atoms with Crippen molar-refractivity contribution in [2.24, 2.45) is 0 Å². The van der Waals surface area contributed by atoms with Crippen LogP contribution in [-0.4, -0.2) is 51.2 Å². The summed E-state index contributed by atoms with van der Waals surface area (Å²) in [6, 6.07) is 0. The van der Waals surface area contributed by atoms with Crippen LogP contribution >= 0.6 is 11.3 Å². The van der Waals surface area contributed by atoms with E-state index in [9.17, 15) is 0 Å². The van der Waals surface area contributed by atoms with E-state index >= 15 is 0 Å². The van der Waals surface area contributed by atoms with Gasteiger partial charge in [-0.15, -0.1) is 11.3 Å². The summed E-state index contributed by atoms with van der Waals surface area (Å²) in [5, 5.41) is 7.56. The number of nitrogens with zero attached hydrogens (tertiary/aromatic N) is 6. The molecule has 1 aliphatic rings. The topological polar surface area (TPSA) is 71.2 Å². The van der Waals surface area contributed by atoms with Gasteiger partial charge in [0.15, 0.2) is 5.82 Å². The van der Waals surface area contributed by atoms with Gasteiger partial charge in [0.05, 0.1) is 11.9 Å². The van der Waals surface area contributed by atoms with Crippen molar-refractivity contribution in [2.45, 2.75) is 53.0 Å². The molecule has 8 heteroatoms. The number of aromatic nitrogens is 4. The van der Waals surface area contributed by atoms with E-state index < -0.39 is 0 Å². The molecule has 150 valence electrons. The zero-order valence-corrected chi connectivity index (χ0v) is 18.1.